The van der Waals surface area contributed by atoms with E-state index in [2.05, 4.69) is 20.8 Å². The quantitative estimate of drug-likeness (QED) is 0.117. The van der Waals surface area contributed by atoms with Gasteiger partial charge in [0.15, 0.2) is 6.10 Å². The Kier molecular flexibility index (Phi) is 23.2. The van der Waals surface area contributed by atoms with Gasteiger partial charge in [-0.1, -0.05) is 117 Å². The lowest BCUT2D eigenvalue weighted by Gasteiger charge is -2.15. The fourth-order valence-electron chi connectivity index (χ4n) is 3.88. The maximum Gasteiger partial charge on any atom is 0.306 e. The van der Waals surface area contributed by atoms with Crippen molar-refractivity contribution in [3.8, 4) is 0 Å². The molecule has 1 unspecified atom stereocenters. The van der Waals surface area contributed by atoms with Gasteiger partial charge >= 0.3 is 11.9 Å². The predicted molar refractivity (Wildman–Crippen MR) is 136 cm³/mol. The third kappa shape index (κ3) is 22.5. The van der Waals surface area contributed by atoms with Crippen LogP contribution in [0.4, 0.5) is 0 Å². The van der Waals surface area contributed by atoms with Crippen molar-refractivity contribution in [2.24, 2.45) is 5.92 Å². The van der Waals surface area contributed by atoms with Gasteiger partial charge in [-0.05, 0) is 18.8 Å². The van der Waals surface area contributed by atoms with Crippen molar-refractivity contribution in [3.63, 3.8) is 0 Å². The topological polar surface area (TPSA) is 72.8 Å². The molecular weight excluding hydrogens is 416 g/mol. The normalized spacial score (nSPS) is 13.0. The van der Waals surface area contributed by atoms with E-state index in [9.17, 15) is 14.7 Å². The van der Waals surface area contributed by atoms with Gasteiger partial charge < -0.3 is 14.6 Å². The van der Waals surface area contributed by atoms with Gasteiger partial charge in [-0.2, -0.15) is 0 Å². The molecule has 0 aromatic rings. The van der Waals surface area contributed by atoms with Gasteiger partial charge in [-0.3, -0.25) is 9.59 Å². The van der Waals surface area contributed by atoms with Crippen LogP contribution in [0.3, 0.4) is 0 Å². The zero-order valence-electron chi connectivity index (χ0n) is 22.1. The highest BCUT2D eigenvalue weighted by Gasteiger charge is 2.16. The van der Waals surface area contributed by atoms with Crippen LogP contribution >= 0.6 is 0 Å². The van der Waals surface area contributed by atoms with Crippen LogP contribution < -0.4 is 0 Å². The van der Waals surface area contributed by atoms with Gasteiger partial charge in [0.1, 0.15) is 6.61 Å². The second-order valence-corrected chi connectivity index (χ2v) is 9.73. The summed E-state index contributed by atoms with van der Waals surface area (Å²) >= 11 is 0. The number of aliphatic hydroxyl groups is 1. The molecule has 0 aromatic heterocycles. The molecule has 0 aromatic carbocycles. The summed E-state index contributed by atoms with van der Waals surface area (Å²) in [4.78, 5) is 23.8. The second kappa shape index (κ2) is 24.0. The second-order valence-electron chi connectivity index (χ2n) is 9.73. The maximum atomic E-state index is 12.0. The molecule has 0 rings (SSSR count). The molecular formula is C28H54O5. The van der Waals surface area contributed by atoms with Crippen LogP contribution in [0, 0.1) is 5.92 Å². The molecule has 0 spiro atoms. The van der Waals surface area contributed by atoms with Gasteiger partial charge in [0, 0.05) is 12.8 Å². The van der Waals surface area contributed by atoms with Gasteiger partial charge in [0.25, 0.3) is 0 Å². The summed E-state index contributed by atoms with van der Waals surface area (Å²) in [5, 5.41) is 9.41. The average molecular weight is 471 g/mol. The Bertz CT molecular complexity index is 452. The van der Waals surface area contributed by atoms with Crippen LogP contribution in [0.15, 0.2) is 0 Å². The van der Waals surface area contributed by atoms with E-state index in [-0.39, 0.29) is 25.2 Å². The van der Waals surface area contributed by atoms with Gasteiger partial charge in [0.2, 0.25) is 0 Å². The van der Waals surface area contributed by atoms with Crippen molar-refractivity contribution >= 4 is 11.9 Å². The number of hydrogen-bond acceptors (Lipinski definition) is 5. The number of ether oxygens (including phenoxy) is 2. The van der Waals surface area contributed by atoms with E-state index in [1.165, 1.54) is 70.6 Å². The standard InChI is InChI=1S/C28H54O5/c1-4-6-7-8-11-15-18-21-27(30)32-24-26(23-29)33-28(31)22-19-16-13-10-9-12-14-17-20-25(3)5-2/h25-26,29H,4-24H2,1-3H3/t25?,26-/m0/s1. The minimum absolute atomic E-state index is 0.0609. The third-order valence-electron chi connectivity index (χ3n) is 6.44. The van der Waals surface area contributed by atoms with Crippen molar-refractivity contribution in [2.75, 3.05) is 13.2 Å². The number of hydrogen-bond donors (Lipinski definition) is 1. The summed E-state index contributed by atoms with van der Waals surface area (Å²) in [5.41, 5.74) is 0. The molecule has 196 valence electrons. The van der Waals surface area contributed by atoms with E-state index in [0.717, 1.165) is 44.4 Å². The number of esters is 2. The Labute approximate surface area is 204 Å². The zero-order chi connectivity index (χ0) is 24.6. The number of aliphatic hydroxyl groups excluding tert-OH is 1. The first kappa shape index (κ1) is 31.9. The summed E-state index contributed by atoms with van der Waals surface area (Å²) in [6.07, 6.45) is 20.1. The SMILES string of the molecule is CCCCCCCCCC(=O)OC[C@H](CO)OC(=O)CCCCCCCCCCC(C)CC. The van der Waals surface area contributed by atoms with Crippen LogP contribution in [0.2, 0.25) is 0 Å². The summed E-state index contributed by atoms with van der Waals surface area (Å²) < 4.78 is 10.4. The predicted octanol–water partition coefficient (Wildman–Crippen LogP) is 7.52. The summed E-state index contributed by atoms with van der Waals surface area (Å²) in [6.45, 7) is 6.41. The lowest BCUT2D eigenvalue weighted by molar-refractivity contribution is -0.161. The molecule has 0 amide bonds. The molecule has 0 aliphatic carbocycles. The molecule has 5 nitrogen and oxygen atoms in total. The van der Waals surface area contributed by atoms with Gasteiger partial charge in [-0.15, -0.1) is 0 Å². The molecule has 0 saturated carbocycles. The molecule has 33 heavy (non-hydrogen) atoms. The number of unbranched alkanes of at least 4 members (excludes halogenated alkanes) is 13. The number of carbonyl (C=O) groups excluding carboxylic acids is 2. The molecule has 0 fully saturated rings. The molecule has 5 heteroatoms. The van der Waals surface area contributed by atoms with Crippen molar-refractivity contribution < 1.29 is 24.2 Å². The van der Waals surface area contributed by atoms with E-state index in [1.807, 2.05) is 0 Å². The largest absolute Gasteiger partial charge is 0.462 e. The first-order chi connectivity index (χ1) is 16.0. The monoisotopic (exact) mass is 470 g/mol. The van der Waals surface area contributed by atoms with Crippen LogP contribution in [0.1, 0.15) is 143 Å². The smallest absolute Gasteiger partial charge is 0.306 e. The van der Waals surface area contributed by atoms with E-state index in [1.54, 1.807) is 0 Å². The lowest BCUT2D eigenvalue weighted by Crippen LogP contribution is -2.28. The first-order valence-electron chi connectivity index (χ1n) is 14.0. The van der Waals surface area contributed by atoms with E-state index < -0.39 is 6.10 Å². The van der Waals surface area contributed by atoms with Crippen LogP contribution in [0.25, 0.3) is 0 Å². The number of carbonyl (C=O) groups is 2. The minimum Gasteiger partial charge on any atom is -0.462 e. The highest BCUT2D eigenvalue weighted by atomic mass is 16.6. The van der Waals surface area contributed by atoms with Gasteiger partial charge in [-0.25, -0.2) is 0 Å². The number of rotatable bonds is 24. The van der Waals surface area contributed by atoms with Crippen molar-refractivity contribution in [1.82, 2.24) is 0 Å². The van der Waals surface area contributed by atoms with E-state index in [0.29, 0.717) is 12.8 Å². The third-order valence-corrected chi connectivity index (χ3v) is 6.44. The molecule has 0 aliphatic rings. The van der Waals surface area contributed by atoms with Crippen LogP contribution in [0.5, 0.6) is 0 Å². The van der Waals surface area contributed by atoms with Crippen LogP contribution in [-0.2, 0) is 19.1 Å². The molecule has 2 atom stereocenters. The van der Waals surface area contributed by atoms with Crippen molar-refractivity contribution in [2.45, 2.75) is 149 Å². The lowest BCUT2D eigenvalue weighted by atomic mass is 9.99. The Morgan fingerprint density at radius 1 is 0.697 bits per heavy atom. The fraction of sp³-hybridized carbons (Fsp3) is 0.929. The fourth-order valence-corrected chi connectivity index (χ4v) is 3.88. The summed E-state index contributed by atoms with van der Waals surface area (Å²) in [7, 11) is 0. The van der Waals surface area contributed by atoms with E-state index >= 15 is 0 Å². The van der Waals surface area contributed by atoms with Crippen molar-refractivity contribution in [1.29, 1.82) is 0 Å². The molecule has 0 radical (unpaired) electrons. The first-order valence-corrected chi connectivity index (χ1v) is 14.0. The minimum atomic E-state index is -0.758. The zero-order valence-corrected chi connectivity index (χ0v) is 22.1. The molecule has 0 heterocycles. The Balaban J connectivity index is 3.61. The Hall–Kier alpha value is -1.10. The van der Waals surface area contributed by atoms with E-state index in [4.69, 9.17) is 9.47 Å². The molecule has 1 N–H and O–H groups in total. The highest BCUT2D eigenvalue weighted by molar-refractivity contribution is 5.70. The highest BCUT2D eigenvalue weighted by Crippen LogP contribution is 2.15. The van der Waals surface area contributed by atoms with Crippen LogP contribution in [-0.4, -0.2) is 36.4 Å². The summed E-state index contributed by atoms with van der Waals surface area (Å²) in [5.74, 6) is 0.261. The molecule has 0 saturated heterocycles. The average Bonchev–Trinajstić information content (AvgIpc) is 2.81. The Morgan fingerprint density at radius 3 is 1.70 bits per heavy atom. The molecule has 0 bridgehead atoms. The van der Waals surface area contributed by atoms with Gasteiger partial charge in [0.05, 0.1) is 6.61 Å². The summed E-state index contributed by atoms with van der Waals surface area (Å²) in [6, 6.07) is 0. The van der Waals surface area contributed by atoms with Crippen molar-refractivity contribution in [3.05, 3.63) is 0 Å². The molecule has 0 aliphatic heterocycles. The Morgan fingerprint density at radius 2 is 1.18 bits per heavy atom. The maximum absolute atomic E-state index is 12.0.